The van der Waals surface area contributed by atoms with E-state index in [9.17, 15) is 0 Å². The van der Waals surface area contributed by atoms with E-state index in [0.717, 1.165) is 66.5 Å². The molecule has 0 saturated heterocycles. The zero-order chi connectivity index (χ0) is 34.4. The molecule has 0 radical (unpaired) electrons. The number of nitrogens with zero attached hydrogens (tertiary/aromatic N) is 1. The van der Waals surface area contributed by atoms with Gasteiger partial charge in [-0.15, -0.1) is 0 Å². The molecule has 10 rings (SSSR count). The van der Waals surface area contributed by atoms with Crippen molar-refractivity contribution in [3.63, 3.8) is 0 Å². The zero-order valence-corrected chi connectivity index (χ0v) is 28.4. The summed E-state index contributed by atoms with van der Waals surface area (Å²) in [6, 6.07) is 71.7. The van der Waals surface area contributed by atoms with Crippen LogP contribution in [0.25, 0.3) is 76.9 Å². The normalized spacial score (nSPS) is 11.5. The SMILES string of the molecule is c1ccc(-c2ccc(-c3ccccc3N(c3ccc4ccccc4c3)c3cc4c(oc5cccc(-c6ccccc6)c54)c4ccccc34)cc2)cc1. The van der Waals surface area contributed by atoms with Crippen LogP contribution in [0.3, 0.4) is 0 Å². The Morgan fingerprint density at radius 1 is 0.346 bits per heavy atom. The van der Waals surface area contributed by atoms with Gasteiger partial charge in [-0.3, -0.25) is 0 Å². The van der Waals surface area contributed by atoms with Crippen LogP contribution in [0.1, 0.15) is 0 Å². The van der Waals surface area contributed by atoms with Gasteiger partial charge in [0.15, 0.2) is 0 Å². The lowest BCUT2D eigenvalue weighted by Gasteiger charge is -2.29. The molecule has 0 aliphatic heterocycles. The van der Waals surface area contributed by atoms with Crippen LogP contribution in [0.4, 0.5) is 17.1 Å². The van der Waals surface area contributed by atoms with Crippen LogP contribution in [-0.2, 0) is 0 Å². The minimum absolute atomic E-state index is 0.884. The summed E-state index contributed by atoms with van der Waals surface area (Å²) in [4.78, 5) is 2.44. The number of fused-ring (bicyclic) bond motifs is 6. The molecule has 0 saturated carbocycles. The molecule has 1 heterocycles. The third-order valence-electron chi connectivity index (χ3n) is 10.2. The lowest BCUT2D eigenvalue weighted by atomic mass is 9.96. The van der Waals surface area contributed by atoms with Crippen molar-refractivity contribution in [3.05, 3.63) is 200 Å². The van der Waals surface area contributed by atoms with E-state index in [2.05, 4.69) is 205 Å². The van der Waals surface area contributed by atoms with E-state index in [4.69, 9.17) is 4.42 Å². The van der Waals surface area contributed by atoms with Crippen LogP contribution in [0.5, 0.6) is 0 Å². The summed E-state index contributed by atoms with van der Waals surface area (Å²) in [5.41, 5.74) is 12.1. The van der Waals surface area contributed by atoms with Crippen molar-refractivity contribution in [2.24, 2.45) is 0 Å². The molecular weight excluding hydrogens is 631 g/mol. The number of hydrogen-bond donors (Lipinski definition) is 0. The minimum Gasteiger partial charge on any atom is -0.455 e. The first-order valence-electron chi connectivity index (χ1n) is 17.8. The Kier molecular flexibility index (Phi) is 7.18. The number of anilines is 3. The lowest BCUT2D eigenvalue weighted by Crippen LogP contribution is -2.12. The van der Waals surface area contributed by atoms with Gasteiger partial charge >= 0.3 is 0 Å². The minimum atomic E-state index is 0.884. The second-order valence-corrected chi connectivity index (χ2v) is 13.3. The van der Waals surface area contributed by atoms with Crippen LogP contribution < -0.4 is 4.90 Å². The molecule has 244 valence electrons. The maximum absolute atomic E-state index is 6.75. The molecule has 0 N–H and O–H groups in total. The molecule has 0 fully saturated rings. The lowest BCUT2D eigenvalue weighted by molar-refractivity contribution is 0.673. The van der Waals surface area contributed by atoms with Gasteiger partial charge in [-0.2, -0.15) is 0 Å². The van der Waals surface area contributed by atoms with Crippen molar-refractivity contribution in [1.82, 2.24) is 0 Å². The van der Waals surface area contributed by atoms with Crippen molar-refractivity contribution in [3.8, 4) is 33.4 Å². The Labute approximate surface area is 302 Å². The molecule has 52 heavy (non-hydrogen) atoms. The number of furan rings is 1. The fourth-order valence-electron chi connectivity index (χ4n) is 7.78. The van der Waals surface area contributed by atoms with Gasteiger partial charge in [0.05, 0.1) is 11.4 Å². The molecule has 0 unspecified atom stereocenters. The highest BCUT2D eigenvalue weighted by atomic mass is 16.3. The van der Waals surface area contributed by atoms with Gasteiger partial charge in [0.1, 0.15) is 11.2 Å². The highest BCUT2D eigenvalue weighted by molar-refractivity contribution is 6.22. The Balaban J connectivity index is 1.26. The van der Waals surface area contributed by atoms with Crippen molar-refractivity contribution in [2.75, 3.05) is 4.90 Å². The molecular formula is C50H33NO. The molecule has 9 aromatic carbocycles. The predicted octanol–water partition coefficient (Wildman–Crippen LogP) is 14.4. The largest absolute Gasteiger partial charge is 0.455 e. The third kappa shape index (κ3) is 5.04. The molecule has 2 heteroatoms. The Hall–Kier alpha value is -6.90. The van der Waals surface area contributed by atoms with Crippen LogP contribution in [0.15, 0.2) is 205 Å². The van der Waals surface area contributed by atoms with Crippen molar-refractivity contribution >= 4 is 60.5 Å². The standard InChI is InChI=1S/C50H33NO/c1-3-14-34(15-4-1)36-26-28-38(29-27-36)41-20-11-12-24-46(41)51(40-31-30-35-16-7-8-19-39(35)32-40)47-33-45-49-42(37-17-5-2-6-18-37)23-13-25-48(49)52-50(45)44-22-10-9-21-43(44)47/h1-33H. The van der Waals surface area contributed by atoms with Crippen LogP contribution in [0.2, 0.25) is 0 Å². The number of benzene rings is 9. The maximum atomic E-state index is 6.75. The second-order valence-electron chi connectivity index (χ2n) is 13.3. The monoisotopic (exact) mass is 663 g/mol. The van der Waals surface area contributed by atoms with Crippen molar-refractivity contribution in [2.45, 2.75) is 0 Å². The first-order valence-corrected chi connectivity index (χ1v) is 17.8. The average Bonchev–Trinajstić information content (AvgIpc) is 3.61. The van der Waals surface area contributed by atoms with E-state index in [1.807, 2.05) is 0 Å². The Morgan fingerprint density at radius 2 is 0.942 bits per heavy atom. The molecule has 0 amide bonds. The molecule has 10 aromatic rings. The van der Waals surface area contributed by atoms with Crippen molar-refractivity contribution < 1.29 is 4.42 Å². The summed E-state index contributed by atoms with van der Waals surface area (Å²) < 4.78 is 6.75. The van der Waals surface area contributed by atoms with E-state index in [1.54, 1.807) is 0 Å². The summed E-state index contributed by atoms with van der Waals surface area (Å²) in [6.45, 7) is 0. The highest BCUT2D eigenvalue weighted by Crippen LogP contribution is 2.48. The van der Waals surface area contributed by atoms with Gasteiger partial charge in [-0.05, 0) is 68.9 Å². The fraction of sp³-hybridized carbons (Fsp3) is 0. The third-order valence-corrected chi connectivity index (χ3v) is 10.2. The Bertz CT molecular complexity index is 2890. The van der Waals surface area contributed by atoms with E-state index in [1.165, 1.54) is 27.5 Å². The molecule has 0 spiro atoms. The first-order chi connectivity index (χ1) is 25.8. The number of rotatable bonds is 6. The van der Waals surface area contributed by atoms with E-state index in [0.29, 0.717) is 0 Å². The van der Waals surface area contributed by atoms with Crippen LogP contribution in [-0.4, -0.2) is 0 Å². The highest BCUT2D eigenvalue weighted by Gasteiger charge is 2.23. The summed E-state index contributed by atoms with van der Waals surface area (Å²) >= 11 is 0. The number of para-hydroxylation sites is 1. The molecule has 0 bridgehead atoms. The van der Waals surface area contributed by atoms with Gasteiger partial charge in [-0.25, -0.2) is 0 Å². The summed E-state index contributed by atoms with van der Waals surface area (Å²) in [5.74, 6) is 0. The van der Waals surface area contributed by atoms with E-state index in [-0.39, 0.29) is 0 Å². The summed E-state index contributed by atoms with van der Waals surface area (Å²) in [6.07, 6.45) is 0. The van der Waals surface area contributed by atoms with Gasteiger partial charge in [0.2, 0.25) is 0 Å². The van der Waals surface area contributed by atoms with E-state index >= 15 is 0 Å². The van der Waals surface area contributed by atoms with E-state index < -0.39 is 0 Å². The second kappa shape index (κ2) is 12.5. The topological polar surface area (TPSA) is 16.4 Å². The van der Waals surface area contributed by atoms with Crippen LogP contribution >= 0.6 is 0 Å². The maximum Gasteiger partial charge on any atom is 0.143 e. The summed E-state index contributed by atoms with van der Waals surface area (Å²) in [7, 11) is 0. The van der Waals surface area contributed by atoms with Gasteiger partial charge < -0.3 is 9.32 Å². The van der Waals surface area contributed by atoms with Gasteiger partial charge in [0, 0.05) is 32.8 Å². The molecule has 0 aliphatic carbocycles. The molecule has 0 atom stereocenters. The zero-order valence-electron chi connectivity index (χ0n) is 28.4. The Morgan fingerprint density at radius 3 is 1.75 bits per heavy atom. The number of hydrogen-bond acceptors (Lipinski definition) is 2. The van der Waals surface area contributed by atoms with Gasteiger partial charge in [-0.1, -0.05) is 170 Å². The molecule has 2 nitrogen and oxygen atoms in total. The van der Waals surface area contributed by atoms with Crippen LogP contribution in [0, 0.1) is 0 Å². The fourth-order valence-corrected chi connectivity index (χ4v) is 7.78. The predicted molar refractivity (Wildman–Crippen MR) is 220 cm³/mol. The molecule has 1 aromatic heterocycles. The quantitative estimate of drug-likeness (QED) is 0.176. The smallest absolute Gasteiger partial charge is 0.143 e. The summed E-state index contributed by atoms with van der Waals surface area (Å²) in [5, 5.41) is 6.83. The molecule has 0 aliphatic rings. The average molecular weight is 664 g/mol. The first kappa shape index (κ1) is 30.0. The van der Waals surface area contributed by atoms with Crippen molar-refractivity contribution in [1.29, 1.82) is 0 Å². The van der Waals surface area contributed by atoms with Gasteiger partial charge in [0.25, 0.3) is 0 Å².